The highest BCUT2D eigenvalue weighted by Crippen LogP contribution is 2.39. The fourth-order valence-electron chi connectivity index (χ4n) is 6.47. The molecule has 8 aromatic rings. The molecule has 2 heteroatoms. The van der Waals surface area contributed by atoms with Crippen LogP contribution in [0.25, 0.3) is 60.9 Å². The quantitative estimate of drug-likeness (QED) is 0.191. The largest absolute Gasteiger partial charge is 0.345 e. The molecule has 45 heavy (non-hydrogen) atoms. The summed E-state index contributed by atoms with van der Waals surface area (Å²) >= 11 is 0. The van der Waals surface area contributed by atoms with Crippen LogP contribution in [0.2, 0.25) is 0 Å². The minimum atomic E-state index is 1.16. The third-order valence-electron chi connectivity index (χ3n) is 8.85. The molecule has 0 aliphatic rings. The summed E-state index contributed by atoms with van der Waals surface area (Å²) in [7, 11) is 2.11. The Morgan fingerprint density at radius 2 is 0.867 bits per heavy atom. The second kappa shape index (κ2) is 11.3. The second-order valence-corrected chi connectivity index (χ2v) is 11.5. The molecule has 0 unspecified atom stereocenters. The summed E-state index contributed by atoms with van der Waals surface area (Å²) in [6, 6.07) is 63.2. The number of hydrogen-bond acceptors (Lipinski definition) is 1. The zero-order chi connectivity index (χ0) is 30.2. The van der Waals surface area contributed by atoms with Gasteiger partial charge in [-0.2, -0.15) is 0 Å². The normalized spacial score (nSPS) is 11.2. The molecule has 0 N–H and O–H groups in total. The predicted octanol–water partition coefficient (Wildman–Crippen LogP) is 11.6. The van der Waals surface area contributed by atoms with Gasteiger partial charge >= 0.3 is 0 Å². The zero-order valence-corrected chi connectivity index (χ0v) is 25.1. The van der Waals surface area contributed by atoms with E-state index >= 15 is 0 Å². The van der Waals surface area contributed by atoms with E-state index in [1.807, 2.05) is 6.07 Å². The van der Waals surface area contributed by atoms with E-state index in [1.54, 1.807) is 0 Å². The van der Waals surface area contributed by atoms with Crippen LogP contribution < -0.4 is 4.90 Å². The van der Waals surface area contributed by atoms with Crippen LogP contribution in [0.1, 0.15) is 0 Å². The summed E-state index contributed by atoms with van der Waals surface area (Å²) in [5.74, 6) is 0. The SMILES string of the molecule is CN(c1ccccc1)c1ccc(-c2ccc(-c3cccc4c5ccccc5n(-c5ccc(-c6ccccc6)cc5)c34)cc2)cc1. The highest BCUT2D eigenvalue weighted by atomic mass is 15.1. The summed E-state index contributed by atoms with van der Waals surface area (Å²) in [5.41, 5.74) is 13.2. The number of rotatable bonds is 6. The Bertz CT molecular complexity index is 2230. The van der Waals surface area contributed by atoms with E-state index < -0.39 is 0 Å². The fourth-order valence-corrected chi connectivity index (χ4v) is 6.47. The predicted molar refractivity (Wildman–Crippen MR) is 192 cm³/mol. The lowest BCUT2D eigenvalue weighted by molar-refractivity contribution is 1.18. The molecule has 1 heterocycles. The first-order chi connectivity index (χ1) is 22.2. The molecule has 0 saturated carbocycles. The number of anilines is 2. The Hall–Kier alpha value is -5.86. The van der Waals surface area contributed by atoms with Crippen LogP contribution in [-0.4, -0.2) is 11.6 Å². The first-order valence-electron chi connectivity index (χ1n) is 15.4. The van der Waals surface area contributed by atoms with E-state index in [1.165, 1.54) is 60.9 Å². The van der Waals surface area contributed by atoms with Crippen LogP contribution in [0.15, 0.2) is 176 Å². The molecule has 0 radical (unpaired) electrons. The van der Waals surface area contributed by atoms with Gasteiger partial charge in [-0.15, -0.1) is 0 Å². The van der Waals surface area contributed by atoms with E-state index in [0.29, 0.717) is 0 Å². The highest BCUT2D eigenvalue weighted by molar-refractivity contribution is 6.13. The third kappa shape index (κ3) is 4.87. The summed E-state index contributed by atoms with van der Waals surface area (Å²) in [6.45, 7) is 0. The first kappa shape index (κ1) is 26.7. The van der Waals surface area contributed by atoms with E-state index in [9.17, 15) is 0 Å². The number of fused-ring (bicyclic) bond motifs is 3. The standard InChI is InChI=1S/C43H32N2/c1-44(36-13-6-3-7-14-36)37-27-23-34(24-28-37)32-19-21-35(22-20-32)39-16-10-17-41-40-15-8-9-18-42(40)45(43(39)41)38-29-25-33(26-30-38)31-11-4-2-5-12-31/h2-30H,1H3. The maximum absolute atomic E-state index is 2.42. The van der Waals surface area contributed by atoms with Crippen molar-refractivity contribution in [2.45, 2.75) is 0 Å². The Kier molecular flexibility index (Phi) is 6.73. The van der Waals surface area contributed by atoms with Gasteiger partial charge < -0.3 is 9.47 Å². The fraction of sp³-hybridized carbons (Fsp3) is 0.0233. The number of hydrogen-bond donors (Lipinski definition) is 0. The molecule has 0 aliphatic heterocycles. The number of aromatic nitrogens is 1. The van der Waals surface area contributed by atoms with Gasteiger partial charge in [0.05, 0.1) is 11.0 Å². The van der Waals surface area contributed by atoms with Gasteiger partial charge in [-0.05, 0) is 70.3 Å². The maximum Gasteiger partial charge on any atom is 0.0619 e. The lowest BCUT2D eigenvalue weighted by atomic mass is 9.98. The maximum atomic E-state index is 2.42. The van der Waals surface area contributed by atoms with Crippen molar-refractivity contribution in [1.29, 1.82) is 0 Å². The zero-order valence-electron chi connectivity index (χ0n) is 25.1. The van der Waals surface area contributed by atoms with Gasteiger partial charge in [-0.25, -0.2) is 0 Å². The molecule has 8 rings (SSSR count). The van der Waals surface area contributed by atoms with Crippen LogP contribution in [0.3, 0.4) is 0 Å². The van der Waals surface area contributed by atoms with Crippen molar-refractivity contribution >= 4 is 33.2 Å². The van der Waals surface area contributed by atoms with Crippen molar-refractivity contribution in [3.8, 4) is 39.1 Å². The van der Waals surface area contributed by atoms with Crippen molar-refractivity contribution < 1.29 is 0 Å². The minimum Gasteiger partial charge on any atom is -0.345 e. The van der Waals surface area contributed by atoms with Crippen LogP contribution in [0.4, 0.5) is 11.4 Å². The number of benzene rings is 7. The van der Waals surface area contributed by atoms with Gasteiger partial charge in [0, 0.05) is 40.4 Å². The highest BCUT2D eigenvalue weighted by Gasteiger charge is 2.16. The van der Waals surface area contributed by atoms with Crippen molar-refractivity contribution in [2.24, 2.45) is 0 Å². The molecule has 0 atom stereocenters. The van der Waals surface area contributed by atoms with Gasteiger partial charge in [-0.3, -0.25) is 0 Å². The van der Waals surface area contributed by atoms with Gasteiger partial charge in [0.1, 0.15) is 0 Å². The van der Waals surface area contributed by atoms with E-state index in [4.69, 9.17) is 0 Å². The molecular formula is C43H32N2. The van der Waals surface area contributed by atoms with Crippen LogP contribution in [0, 0.1) is 0 Å². The smallest absolute Gasteiger partial charge is 0.0619 e. The van der Waals surface area contributed by atoms with Crippen molar-refractivity contribution in [1.82, 2.24) is 4.57 Å². The molecule has 1 aromatic heterocycles. The first-order valence-corrected chi connectivity index (χ1v) is 15.4. The van der Waals surface area contributed by atoms with Gasteiger partial charge in [0.2, 0.25) is 0 Å². The summed E-state index contributed by atoms with van der Waals surface area (Å²) in [4.78, 5) is 2.21. The Balaban J connectivity index is 1.17. The molecule has 2 nitrogen and oxygen atoms in total. The second-order valence-electron chi connectivity index (χ2n) is 11.5. The molecule has 214 valence electrons. The molecule has 7 aromatic carbocycles. The van der Waals surface area contributed by atoms with Crippen LogP contribution in [-0.2, 0) is 0 Å². The van der Waals surface area contributed by atoms with Gasteiger partial charge in [0.15, 0.2) is 0 Å². The van der Waals surface area contributed by atoms with E-state index in [0.717, 1.165) is 11.4 Å². The van der Waals surface area contributed by atoms with Crippen LogP contribution in [0.5, 0.6) is 0 Å². The Labute approximate surface area is 264 Å². The van der Waals surface area contributed by atoms with Gasteiger partial charge in [0.25, 0.3) is 0 Å². The van der Waals surface area contributed by atoms with Crippen molar-refractivity contribution in [2.75, 3.05) is 11.9 Å². The van der Waals surface area contributed by atoms with Crippen molar-refractivity contribution in [3.05, 3.63) is 176 Å². The average molecular weight is 577 g/mol. The molecule has 0 spiro atoms. The number of nitrogens with zero attached hydrogens (tertiary/aromatic N) is 2. The molecular weight excluding hydrogens is 544 g/mol. The summed E-state index contributed by atoms with van der Waals surface area (Å²) in [5, 5.41) is 2.52. The van der Waals surface area contributed by atoms with Gasteiger partial charge in [-0.1, -0.05) is 133 Å². The summed E-state index contributed by atoms with van der Waals surface area (Å²) < 4.78 is 2.42. The van der Waals surface area contributed by atoms with E-state index in [-0.39, 0.29) is 0 Å². The third-order valence-corrected chi connectivity index (χ3v) is 8.85. The Morgan fingerprint density at radius 1 is 0.378 bits per heavy atom. The molecule has 0 amide bonds. The summed E-state index contributed by atoms with van der Waals surface area (Å²) in [6.07, 6.45) is 0. The Morgan fingerprint density at radius 3 is 1.56 bits per heavy atom. The average Bonchev–Trinajstić information content (AvgIpc) is 3.47. The molecule has 0 fully saturated rings. The molecule has 0 aliphatic carbocycles. The monoisotopic (exact) mass is 576 g/mol. The van der Waals surface area contributed by atoms with Crippen LogP contribution >= 0.6 is 0 Å². The number of para-hydroxylation sites is 3. The topological polar surface area (TPSA) is 8.17 Å². The minimum absolute atomic E-state index is 1.16. The van der Waals surface area contributed by atoms with Crippen molar-refractivity contribution in [3.63, 3.8) is 0 Å². The lowest BCUT2D eigenvalue weighted by Crippen LogP contribution is -2.08. The lowest BCUT2D eigenvalue weighted by Gasteiger charge is -2.19. The molecule has 0 saturated heterocycles. The molecule has 0 bridgehead atoms. The van der Waals surface area contributed by atoms with E-state index in [2.05, 4.69) is 186 Å².